The van der Waals surface area contributed by atoms with Crippen molar-refractivity contribution in [2.45, 2.75) is 64.1 Å². The van der Waals surface area contributed by atoms with E-state index in [2.05, 4.69) is 21.9 Å². The van der Waals surface area contributed by atoms with Gasteiger partial charge in [0.15, 0.2) is 0 Å². The lowest BCUT2D eigenvalue weighted by Gasteiger charge is -2.42. The number of amides is 1. The van der Waals surface area contributed by atoms with Gasteiger partial charge in [-0.15, -0.1) is 11.3 Å². The Morgan fingerprint density at radius 3 is 2.61 bits per heavy atom. The van der Waals surface area contributed by atoms with Crippen molar-refractivity contribution in [3.63, 3.8) is 0 Å². The lowest BCUT2D eigenvalue weighted by molar-refractivity contribution is -0.136. The quantitative estimate of drug-likeness (QED) is 0.850. The first-order chi connectivity index (χ1) is 11.2. The summed E-state index contributed by atoms with van der Waals surface area (Å²) < 4.78 is 0. The summed E-state index contributed by atoms with van der Waals surface area (Å²) in [6.07, 6.45) is 7.00. The van der Waals surface area contributed by atoms with E-state index in [1.165, 1.54) is 24.1 Å². The third kappa shape index (κ3) is 3.94. The van der Waals surface area contributed by atoms with Crippen LogP contribution in [0.1, 0.15) is 55.2 Å². The largest absolute Gasteiger partial charge is 0.337 e. The number of nitrogens with zero attached hydrogens (tertiary/aromatic N) is 3. The first-order valence-electron chi connectivity index (χ1n) is 8.67. The average Bonchev–Trinajstić information content (AvgIpc) is 2.81. The normalized spacial score (nSPS) is 22.9. The molecule has 0 spiro atoms. The standard InChI is InChI=1S/C18H25N3OS/c1-14(22)21(15-4-2-5-15)16-6-3-10-20(11-9-16)13-18-8-7-17(12-19)23-18/h7-8,15-16H,2-6,9-11,13H2,1H3/t16-/m1/s1. The van der Waals surface area contributed by atoms with Crippen LogP contribution in [0.2, 0.25) is 0 Å². The Labute approximate surface area is 142 Å². The molecule has 1 aliphatic heterocycles. The number of likely N-dealkylation sites (tertiary alicyclic amines) is 1. The Morgan fingerprint density at radius 1 is 1.26 bits per heavy atom. The highest BCUT2D eigenvalue weighted by Gasteiger charge is 2.33. The van der Waals surface area contributed by atoms with Crippen LogP contribution in [0, 0.1) is 11.3 Å². The molecular formula is C18H25N3OS. The number of carbonyl (C=O) groups excluding carboxylic acids is 1. The van der Waals surface area contributed by atoms with Gasteiger partial charge in [-0.3, -0.25) is 9.69 Å². The van der Waals surface area contributed by atoms with Gasteiger partial charge in [-0.25, -0.2) is 0 Å². The summed E-state index contributed by atoms with van der Waals surface area (Å²) in [6.45, 7) is 4.80. The Hall–Kier alpha value is -1.38. The summed E-state index contributed by atoms with van der Waals surface area (Å²) in [5, 5.41) is 8.94. The van der Waals surface area contributed by atoms with Crippen molar-refractivity contribution < 1.29 is 4.79 Å². The minimum atomic E-state index is 0.255. The summed E-state index contributed by atoms with van der Waals surface area (Å²) >= 11 is 1.60. The van der Waals surface area contributed by atoms with Crippen molar-refractivity contribution in [3.05, 3.63) is 21.9 Å². The van der Waals surface area contributed by atoms with Crippen LogP contribution < -0.4 is 0 Å². The molecule has 2 fully saturated rings. The van der Waals surface area contributed by atoms with E-state index in [1.54, 1.807) is 18.3 Å². The van der Waals surface area contributed by atoms with Gasteiger partial charge in [-0.1, -0.05) is 0 Å². The molecule has 0 aromatic carbocycles. The minimum Gasteiger partial charge on any atom is -0.337 e. The number of thiophene rings is 1. The van der Waals surface area contributed by atoms with E-state index in [-0.39, 0.29) is 5.91 Å². The first-order valence-corrected chi connectivity index (χ1v) is 9.49. The molecule has 23 heavy (non-hydrogen) atoms. The van der Waals surface area contributed by atoms with E-state index in [0.29, 0.717) is 12.1 Å². The van der Waals surface area contributed by atoms with E-state index >= 15 is 0 Å². The zero-order valence-electron chi connectivity index (χ0n) is 13.8. The third-order valence-corrected chi connectivity index (χ3v) is 6.14. The number of nitriles is 1. The predicted molar refractivity (Wildman–Crippen MR) is 92.1 cm³/mol. The Balaban J connectivity index is 1.58. The average molecular weight is 331 g/mol. The number of hydrogen-bond acceptors (Lipinski definition) is 4. The summed E-state index contributed by atoms with van der Waals surface area (Å²) in [6, 6.07) is 7.11. The van der Waals surface area contributed by atoms with Crippen molar-refractivity contribution in [2.75, 3.05) is 13.1 Å². The van der Waals surface area contributed by atoms with Gasteiger partial charge in [-0.05, 0) is 57.2 Å². The predicted octanol–water partition coefficient (Wildman–Crippen LogP) is 3.38. The van der Waals surface area contributed by atoms with Gasteiger partial charge >= 0.3 is 0 Å². The van der Waals surface area contributed by atoms with Gasteiger partial charge < -0.3 is 4.90 Å². The molecule has 4 nitrogen and oxygen atoms in total. The maximum absolute atomic E-state index is 12.1. The molecule has 1 aliphatic carbocycles. The maximum Gasteiger partial charge on any atom is 0.219 e. The van der Waals surface area contributed by atoms with E-state index in [1.807, 2.05) is 6.07 Å². The highest BCUT2D eigenvalue weighted by atomic mass is 32.1. The minimum absolute atomic E-state index is 0.255. The fraction of sp³-hybridized carbons (Fsp3) is 0.667. The maximum atomic E-state index is 12.1. The molecule has 1 atom stereocenters. The van der Waals surface area contributed by atoms with Gasteiger partial charge in [0.2, 0.25) is 5.91 Å². The molecule has 0 unspecified atom stereocenters. The van der Waals surface area contributed by atoms with Crippen molar-refractivity contribution in [1.29, 1.82) is 5.26 Å². The molecule has 2 aliphatic rings. The molecule has 3 rings (SSSR count). The van der Waals surface area contributed by atoms with Crippen LogP contribution in [0.15, 0.2) is 12.1 Å². The third-order valence-electron chi connectivity index (χ3n) is 5.17. The smallest absolute Gasteiger partial charge is 0.219 e. The van der Waals surface area contributed by atoms with Crippen molar-refractivity contribution in [2.24, 2.45) is 0 Å². The van der Waals surface area contributed by atoms with Crippen LogP contribution in [-0.2, 0) is 11.3 Å². The van der Waals surface area contributed by atoms with E-state index in [9.17, 15) is 4.79 Å². The molecule has 1 amide bonds. The van der Waals surface area contributed by atoms with E-state index in [4.69, 9.17) is 5.26 Å². The number of hydrogen-bond donors (Lipinski definition) is 0. The van der Waals surface area contributed by atoms with E-state index in [0.717, 1.165) is 43.8 Å². The molecule has 1 aromatic heterocycles. The second-order valence-corrected chi connectivity index (χ2v) is 7.92. The fourth-order valence-electron chi connectivity index (χ4n) is 3.80. The number of carbonyl (C=O) groups is 1. The zero-order chi connectivity index (χ0) is 16.2. The zero-order valence-corrected chi connectivity index (χ0v) is 14.6. The van der Waals surface area contributed by atoms with E-state index < -0.39 is 0 Å². The van der Waals surface area contributed by atoms with Gasteiger partial charge in [0.1, 0.15) is 10.9 Å². The van der Waals surface area contributed by atoms with Gasteiger partial charge in [-0.2, -0.15) is 5.26 Å². The molecule has 1 aromatic rings. The molecule has 0 radical (unpaired) electrons. The number of rotatable bonds is 4. The monoisotopic (exact) mass is 331 g/mol. The molecule has 124 valence electrons. The second kappa shape index (κ2) is 7.46. The van der Waals surface area contributed by atoms with Crippen LogP contribution in [0.4, 0.5) is 0 Å². The van der Waals surface area contributed by atoms with Crippen molar-refractivity contribution in [3.8, 4) is 6.07 Å². The van der Waals surface area contributed by atoms with Crippen molar-refractivity contribution >= 4 is 17.2 Å². The Kier molecular flexibility index (Phi) is 5.34. The molecule has 0 bridgehead atoms. The highest BCUT2D eigenvalue weighted by Crippen LogP contribution is 2.30. The lowest BCUT2D eigenvalue weighted by Crippen LogP contribution is -2.49. The SMILES string of the molecule is CC(=O)N(C1CCC1)[C@@H]1CCCN(Cc2ccc(C#N)s2)CC1. The summed E-state index contributed by atoms with van der Waals surface area (Å²) in [7, 11) is 0. The lowest BCUT2D eigenvalue weighted by atomic mass is 9.89. The first kappa shape index (κ1) is 16.5. The topological polar surface area (TPSA) is 47.3 Å². The molecular weight excluding hydrogens is 306 g/mol. The van der Waals surface area contributed by atoms with Crippen molar-refractivity contribution in [1.82, 2.24) is 9.80 Å². The highest BCUT2D eigenvalue weighted by molar-refractivity contribution is 7.12. The molecule has 1 saturated heterocycles. The summed E-state index contributed by atoms with van der Waals surface area (Å²) in [5.74, 6) is 0.255. The van der Waals surface area contributed by atoms with Gasteiger partial charge in [0, 0.05) is 37.0 Å². The molecule has 5 heteroatoms. The fourth-order valence-corrected chi connectivity index (χ4v) is 4.64. The molecule has 1 saturated carbocycles. The van der Waals surface area contributed by atoms with Crippen LogP contribution >= 0.6 is 11.3 Å². The Morgan fingerprint density at radius 2 is 2.00 bits per heavy atom. The van der Waals surface area contributed by atoms with Crippen LogP contribution in [0.25, 0.3) is 0 Å². The van der Waals surface area contributed by atoms with Gasteiger partial charge in [0.25, 0.3) is 0 Å². The van der Waals surface area contributed by atoms with Crippen LogP contribution in [0.3, 0.4) is 0 Å². The Bertz CT molecular complexity index is 587. The molecule has 0 N–H and O–H groups in total. The summed E-state index contributed by atoms with van der Waals surface area (Å²) in [5.41, 5.74) is 0. The van der Waals surface area contributed by atoms with Crippen LogP contribution in [-0.4, -0.2) is 40.9 Å². The van der Waals surface area contributed by atoms with Gasteiger partial charge in [0.05, 0.1) is 0 Å². The summed E-state index contributed by atoms with van der Waals surface area (Å²) in [4.78, 5) is 18.8. The van der Waals surface area contributed by atoms with Crippen LogP contribution in [0.5, 0.6) is 0 Å². The molecule has 2 heterocycles. The second-order valence-electron chi connectivity index (χ2n) is 6.75.